The van der Waals surface area contributed by atoms with Gasteiger partial charge in [0.2, 0.25) is 0 Å². The maximum atomic E-state index is 11.0. The maximum Gasteiger partial charge on any atom is 0.262 e. The molecule has 0 unspecified atom stereocenters. The molecule has 0 atom stereocenters. The van der Waals surface area contributed by atoms with Crippen molar-refractivity contribution in [3.63, 3.8) is 0 Å². The topological polar surface area (TPSA) is 20.3 Å². The number of carbonyl (C=O) groups excluding carboxylic acids is 1. The van der Waals surface area contributed by atoms with Gasteiger partial charge in [0.25, 0.3) is 5.24 Å². The van der Waals surface area contributed by atoms with Crippen LogP contribution in [0.25, 0.3) is 0 Å². The van der Waals surface area contributed by atoms with E-state index in [9.17, 15) is 4.79 Å². The minimum atomic E-state index is -0.341. The van der Waals surface area contributed by atoms with Crippen LogP contribution in [0.15, 0.2) is 12.1 Å². The van der Waals surface area contributed by atoms with Crippen molar-refractivity contribution in [2.45, 2.75) is 32.2 Å². The Hall–Kier alpha value is -0.0900. The van der Waals surface area contributed by atoms with Crippen LogP contribution >= 0.6 is 35.3 Å². The smallest absolute Gasteiger partial charge is 0.262 e. The van der Waals surface area contributed by atoms with Crippen LogP contribution in [-0.2, 0) is 6.54 Å². The molecule has 0 aliphatic carbocycles. The Balaban J connectivity index is 0.00000144. The summed E-state index contributed by atoms with van der Waals surface area (Å²) < 4.78 is 0. The Morgan fingerprint density at radius 3 is 2.41 bits per heavy atom. The lowest BCUT2D eigenvalue weighted by Crippen LogP contribution is -2.23. The average molecular weight is 294 g/mol. The molecule has 0 aromatic carbocycles. The van der Waals surface area contributed by atoms with Gasteiger partial charge in [-0.15, -0.1) is 23.7 Å². The second-order valence-corrected chi connectivity index (χ2v) is 5.74. The van der Waals surface area contributed by atoms with Gasteiger partial charge in [-0.1, -0.05) is 12.8 Å². The second kappa shape index (κ2) is 7.37. The summed E-state index contributed by atoms with van der Waals surface area (Å²) in [6.07, 6.45) is 5.30. The minimum Gasteiger partial charge on any atom is -0.298 e. The van der Waals surface area contributed by atoms with Crippen molar-refractivity contribution in [2.24, 2.45) is 0 Å². The standard InChI is InChI=1S/C12H16ClNOS.ClH/c13-12(15)11-6-5-10(16-11)9-14-7-3-1-2-4-8-14;/h5-6H,1-4,7-9H2;1H. The van der Waals surface area contributed by atoms with Crippen molar-refractivity contribution in [3.8, 4) is 0 Å². The van der Waals surface area contributed by atoms with E-state index in [1.807, 2.05) is 12.1 Å². The highest BCUT2D eigenvalue weighted by Gasteiger charge is 2.12. The monoisotopic (exact) mass is 293 g/mol. The quantitative estimate of drug-likeness (QED) is 0.787. The van der Waals surface area contributed by atoms with Crippen LogP contribution in [0, 0.1) is 0 Å². The molecule has 0 amide bonds. The Labute approximate surface area is 117 Å². The van der Waals surface area contributed by atoms with E-state index >= 15 is 0 Å². The molecular weight excluding hydrogens is 277 g/mol. The van der Waals surface area contributed by atoms with Gasteiger partial charge in [-0.25, -0.2) is 0 Å². The molecule has 0 N–H and O–H groups in total. The van der Waals surface area contributed by atoms with Gasteiger partial charge in [0.15, 0.2) is 0 Å². The lowest BCUT2D eigenvalue weighted by atomic mass is 10.2. The number of hydrogen-bond acceptors (Lipinski definition) is 3. The highest BCUT2D eigenvalue weighted by atomic mass is 35.5. The first kappa shape index (κ1) is 15.0. The molecule has 1 aliphatic heterocycles. The Bertz CT molecular complexity index is 359. The number of halogens is 2. The maximum absolute atomic E-state index is 11.0. The number of carbonyl (C=O) groups is 1. The fraction of sp³-hybridized carbons (Fsp3) is 0.583. The molecule has 2 rings (SSSR count). The van der Waals surface area contributed by atoms with Crippen LogP contribution < -0.4 is 0 Å². The average Bonchev–Trinajstić information content (AvgIpc) is 2.56. The van der Waals surface area contributed by atoms with Crippen LogP contribution in [0.1, 0.15) is 40.2 Å². The zero-order chi connectivity index (χ0) is 11.4. The van der Waals surface area contributed by atoms with Crippen molar-refractivity contribution in [1.29, 1.82) is 0 Å². The molecule has 1 fully saturated rings. The van der Waals surface area contributed by atoms with Crippen LogP contribution in [0.3, 0.4) is 0 Å². The molecule has 1 aromatic heterocycles. The molecule has 1 aromatic rings. The Kier molecular flexibility index (Phi) is 6.49. The van der Waals surface area contributed by atoms with E-state index in [1.165, 1.54) is 55.0 Å². The van der Waals surface area contributed by atoms with Crippen LogP contribution in [-0.4, -0.2) is 23.2 Å². The zero-order valence-electron chi connectivity index (χ0n) is 9.65. The van der Waals surface area contributed by atoms with Gasteiger partial charge >= 0.3 is 0 Å². The van der Waals surface area contributed by atoms with E-state index in [0.717, 1.165) is 6.54 Å². The molecule has 2 nitrogen and oxygen atoms in total. The first-order valence-electron chi connectivity index (χ1n) is 5.76. The van der Waals surface area contributed by atoms with Crippen LogP contribution in [0.2, 0.25) is 0 Å². The second-order valence-electron chi connectivity index (χ2n) is 4.23. The van der Waals surface area contributed by atoms with Crippen LogP contribution in [0.4, 0.5) is 0 Å². The third kappa shape index (κ3) is 4.59. The van der Waals surface area contributed by atoms with E-state index in [4.69, 9.17) is 11.6 Å². The molecule has 0 radical (unpaired) electrons. The lowest BCUT2D eigenvalue weighted by Gasteiger charge is -2.18. The van der Waals surface area contributed by atoms with Gasteiger partial charge in [0, 0.05) is 11.4 Å². The molecule has 0 saturated carbocycles. The number of hydrogen-bond donors (Lipinski definition) is 0. The number of thiophene rings is 1. The van der Waals surface area contributed by atoms with E-state index in [2.05, 4.69) is 4.90 Å². The zero-order valence-corrected chi connectivity index (χ0v) is 12.0. The summed E-state index contributed by atoms with van der Waals surface area (Å²) in [4.78, 5) is 15.3. The lowest BCUT2D eigenvalue weighted by molar-refractivity contribution is 0.108. The minimum absolute atomic E-state index is 0. The largest absolute Gasteiger partial charge is 0.298 e. The fourth-order valence-electron chi connectivity index (χ4n) is 2.08. The van der Waals surface area contributed by atoms with Crippen LogP contribution in [0.5, 0.6) is 0 Å². The summed E-state index contributed by atoms with van der Waals surface area (Å²) in [6, 6.07) is 3.85. The summed E-state index contributed by atoms with van der Waals surface area (Å²) in [5.74, 6) is 0. The fourth-order valence-corrected chi connectivity index (χ4v) is 3.14. The van der Waals surface area contributed by atoms with E-state index in [1.54, 1.807) is 0 Å². The normalized spacial score (nSPS) is 17.2. The summed E-state index contributed by atoms with van der Waals surface area (Å²) in [6.45, 7) is 3.33. The van der Waals surface area contributed by atoms with Crippen molar-refractivity contribution >= 4 is 40.6 Å². The van der Waals surface area contributed by atoms with Gasteiger partial charge in [-0.3, -0.25) is 9.69 Å². The van der Waals surface area contributed by atoms with Crippen molar-refractivity contribution in [2.75, 3.05) is 13.1 Å². The third-order valence-electron chi connectivity index (χ3n) is 2.93. The predicted molar refractivity (Wildman–Crippen MR) is 75.5 cm³/mol. The molecule has 17 heavy (non-hydrogen) atoms. The number of rotatable bonds is 3. The predicted octanol–water partition coefficient (Wildman–Crippen LogP) is 3.92. The molecule has 2 heterocycles. The van der Waals surface area contributed by atoms with E-state index < -0.39 is 0 Å². The molecule has 96 valence electrons. The summed E-state index contributed by atoms with van der Waals surface area (Å²) in [5.41, 5.74) is 0. The van der Waals surface area contributed by atoms with Gasteiger partial charge in [0.1, 0.15) is 0 Å². The third-order valence-corrected chi connectivity index (χ3v) is 4.32. The first-order chi connectivity index (χ1) is 7.75. The van der Waals surface area contributed by atoms with Crippen molar-refractivity contribution in [3.05, 3.63) is 21.9 Å². The van der Waals surface area contributed by atoms with Gasteiger partial charge in [-0.2, -0.15) is 0 Å². The molecule has 1 aliphatic rings. The van der Waals surface area contributed by atoms with Crippen molar-refractivity contribution in [1.82, 2.24) is 4.90 Å². The number of likely N-dealkylation sites (tertiary alicyclic amines) is 1. The van der Waals surface area contributed by atoms with Gasteiger partial charge in [-0.05, 0) is 49.7 Å². The Morgan fingerprint density at radius 2 is 1.88 bits per heavy atom. The van der Waals surface area contributed by atoms with Crippen molar-refractivity contribution < 1.29 is 4.79 Å². The SMILES string of the molecule is Cl.O=C(Cl)c1ccc(CN2CCCCCC2)s1. The molecule has 5 heteroatoms. The molecule has 1 saturated heterocycles. The van der Waals surface area contributed by atoms with E-state index in [0.29, 0.717) is 4.88 Å². The highest BCUT2D eigenvalue weighted by molar-refractivity contribution is 7.15. The summed E-state index contributed by atoms with van der Waals surface area (Å²) in [7, 11) is 0. The molecule has 0 bridgehead atoms. The summed E-state index contributed by atoms with van der Waals surface area (Å²) >= 11 is 6.96. The first-order valence-corrected chi connectivity index (χ1v) is 6.96. The molecule has 0 spiro atoms. The number of nitrogens with zero attached hydrogens (tertiary/aromatic N) is 1. The van der Waals surface area contributed by atoms with E-state index in [-0.39, 0.29) is 17.6 Å². The van der Waals surface area contributed by atoms with Gasteiger partial charge < -0.3 is 0 Å². The summed E-state index contributed by atoms with van der Waals surface area (Å²) in [5, 5.41) is -0.341. The highest BCUT2D eigenvalue weighted by Crippen LogP contribution is 2.21. The van der Waals surface area contributed by atoms with Gasteiger partial charge in [0.05, 0.1) is 4.88 Å². The molecular formula is C12H17Cl2NOS. The Morgan fingerprint density at radius 1 is 1.24 bits per heavy atom.